The van der Waals surface area contributed by atoms with Crippen molar-refractivity contribution in [1.29, 1.82) is 0 Å². The molecule has 3 N–H and O–H groups in total. The molecular weight excluding hydrogens is 230 g/mol. The highest BCUT2D eigenvalue weighted by atomic mass is 16.2. The molecule has 1 aromatic heterocycles. The first-order valence-electron chi connectivity index (χ1n) is 6.27. The summed E-state index contributed by atoms with van der Waals surface area (Å²) in [7, 11) is 3.93. The number of nitrogens with two attached hydrogens (primary N) is 1. The Hall–Kier alpha value is -1.56. The monoisotopic (exact) mass is 251 g/mol. The van der Waals surface area contributed by atoms with E-state index < -0.39 is 0 Å². The number of nitrogen functional groups attached to an aromatic ring is 1. The Bertz CT molecular complexity index is 422. The second kappa shape index (κ2) is 4.97. The number of likely N-dealkylation sites (tertiary alicyclic amines) is 1. The van der Waals surface area contributed by atoms with Crippen molar-refractivity contribution in [3.8, 4) is 0 Å². The van der Waals surface area contributed by atoms with E-state index in [0.29, 0.717) is 5.56 Å². The lowest BCUT2D eigenvalue weighted by atomic mass is 10.0. The Morgan fingerprint density at radius 3 is 2.89 bits per heavy atom. The number of anilines is 1. The molecular formula is C12H21N5O. The van der Waals surface area contributed by atoms with Crippen LogP contribution >= 0.6 is 0 Å². The van der Waals surface area contributed by atoms with Crippen molar-refractivity contribution in [2.24, 2.45) is 0 Å². The number of nitrogens with one attached hydrogen (secondary N) is 1. The molecule has 1 saturated heterocycles. The van der Waals surface area contributed by atoms with Gasteiger partial charge in [-0.25, -0.2) is 0 Å². The lowest BCUT2D eigenvalue weighted by Gasteiger charge is -2.35. The molecule has 1 amide bonds. The van der Waals surface area contributed by atoms with Crippen LogP contribution < -0.4 is 5.73 Å². The Balaban J connectivity index is 2.13. The predicted octanol–water partition coefficient (Wildman–Crippen LogP) is 0.467. The lowest BCUT2D eigenvalue weighted by Crippen LogP contribution is -2.47. The fourth-order valence-corrected chi connectivity index (χ4v) is 2.52. The van der Waals surface area contributed by atoms with Crippen LogP contribution in [-0.4, -0.2) is 59.1 Å². The first-order chi connectivity index (χ1) is 8.50. The number of hydrogen-bond donors (Lipinski definition) is 2. The first kappa shape index (κ1) is 12.9. The minimum absolute atomic E-state index is 0.0425. The molecule has 0 radical (unpaired) electrons. The molecule has 2 rings (SSSR count). The fraction of sp³-hybridized carbons (Fsp3) is 0.667. The molecule has 0 spiro atoms. The molecule has 1 aliphatic heterocycles. The molecule has 0 saturated carbocycles. The molecule has 0 bridgehead atoms. The summed E-state index contributed by atoms with van der Waals surface area (Å²) in [5, 5.41) is 6.63. The zero-order valence-electron chi connectivity index (χ0n) is 11.2. The smallest absolute Gasteiger partial charge is 0.259 e. The first-order valence-corrected chi connectivity index (χ1v) is 6.27. The van der Waals surface area contributed by atoms with Gasteiger partial charge in [-0.05, 0) is 33.4 Å². The zero-order valence-corrected chi connectivity index (χ0v) is 11.2. The van der Waals surface area contributed by atoms with E-state index >= 15 is 0 Å². The highest BCUT2D eigenvalue weighted by Crippen LogP contribution is 2.19. The van der Waals surface area contributed by atoms with E-state index in [-0.39, 0.29) is 17.8 Å². The maximum Gasteiger partial charge on any atom is 0.259 e. The van der Waals surface area contributed by atoms with Crippen LogP contribution in [0.25, 0.3) is 0 Å². The molecule has 6 heteroatoms. The second-order valence-corrected chi connectivity index (χ2v) is 5.08. The quantitative estimate of drug-likeness (QED) is 0.800. The largest absolute Gasteiger partial charge is 0.382 e. The van der Waals surface area contributed by atoms with Crippen molar-refractivity contribution in [3.05, 3.63) is 11.3 Å². The fourth-order valence-electron chi connectivity index (χ4n) is 2.52. The summed E-state index contributed by atoms with van der Waals surface area (Å²) in [6.45, 7) is 3.84. The van der Waals surface area contributed by atoms with Gasteiger partial charge < -0.3 is 15.5 Å². The molecule has 18 heavy (non-hydrogen) atoms. The van der Waals surface area contributed by atoms with Gasteiger partial charge in [0.25, 0.3) is 5.91 Å². The van der Waals surface area contributed by atoms with Crippen molar-refractivity contribution in [1.82, 2.24) is 20.0 Å². The van der Waals surface area contributed by atoms with Crippen LogP contribution in [0.3, 0.4) is 0 Å². The predicted molar refractivity (Wildman–Crippen MR) is 70.3 cm³/mol. The topological polar surface area (TPSA) is 78.2 Å². The van der Waals surface area contributed by atoms with Crippen molar-refractivity contribution < 1.29 is 4.79 Å². The van der Waals surface area contributed by atoms with E-state index in [2.05, 4.69) is 22.1 Å². The summed E-state index contributed by atoms with van der Waals surface area (Å²) in [4.78, 5) is 16.5. The Labute approximate surface area is 107 Å². The highest BCUT2D eigenvalue weighted by molar-refractivity contribution is 5.99. The van der Waals surface area contributed by atoms with Crippen LogP contribution in [0.4, 0.5) is 5.82 Å². The third-order valence-electron chi connectivity index (χ3n) is 3.66. The summed E-state index contributed by atoms with van der Waals surface area (Å²) in [6.07, 6.45) is 2.17. The molecule has 1 aliphatic rings. The van der Waals surface area contributed by atoms with Gasteiger partial charge in [0.2, 0.25) is 0 Å². The summed E-state index contributed by atoms with van der Waals surface area (Å²) in [5.74, 6) is 0.243. The molecule has 1 unspecified atom stereocenters. The van der Waals surface area contributed by atoms with E-state index in [1.54, 1.807) is 4.90 Å². The minimum atomic E-state index is -0.0425. The standard InChI is InChI=1S/C12H21N5O/c1-8-10(11(13)15-14-8)12(18)17(3)9-5-4-6-16(2)7-9/h9H,4-7H2,1-3H3,(H3,13,14,15). The maximum absolute atomic E-state index is 12.4. The van der Waals surface area contributed by atoms with Crippen LogP contribution in [0, 0.1) is 6.92 Å². The average Bonchev–Trinajstić information content (AvgIpc) is 2.67. The number of aromatic nitrogens is 2. The molecule has 1 fully saturated rings. The number of nitrogens with zero attached hydrogens (tertiary/aromatic N) is 3. The van der Waals surface area contributed by atoms with Gasteiger partial charge in [0.1, 0.15) is 5.56 Å². The molecule has 1 atom stereocenters. The van der Waals surface area contributed by atoms with E-state index in [1.807, 2.05) is 14.0 Å². The van der Waals surface area contributed by atoms with Gasteiger partial charge in [-0.1, -0.05) is 0 Å². The number of amides is 1. The van der Waals surface area contributed by atoms with Gasteiger partial charge in [0, 0.05) is 25.3 Å². The number of hydrogen-bond acceptors (Lipinski definition) is 4. The van der Waals surface area contributed by atoms with E-state index in [0.717, 1.165) is 31.6 Å². The Morgan fingerprint density at radius 2 is 2.33 bits per heavy atom. The Kier molecular flexibility index (Phi) is 3.56. The highest BCUT2D eigenvalue weighted by Gasteiger charge is 2.27. The third kappa shape index (κ3) is 2.33. The number of likely N-dealkylation sites (N-methyl/N-ethyl adjacent to an activating group) is 2. The average molecular weight is 251 g/mol. The molecule has 0 aliphatic carbocycles. The normalized spacial score (nSPS) is 20.9. The number of piperidine rings is 1. The SMILES string of the molecule is Cc1[nH]nc(N)c1C(=O)N(C)C1CCCN(C)C1. The number of aryl methyl sites for hydroxylation is 1. The van der Waals surface area contributed by atoms with Gasteiger partial charge in [-0.15, -0.1) is 0 Å². The third-order valence-corrected chi connectivity index (χ3v) is 3.66. The van der Waals surface area contributed by atoms with Crippen molar-refractivity contribution >= 4 is 11.7 Å². The summed E-state index contributed by atoms with van der Waals surface area (Å²) < 4.78 is 0. The van der Waals surface area contributed by atoms with Crippen molar-refractivity contribution in [2.75, 3.05) is 32.9 Å². The molecule has 100 valence electrons. The van der Waals surface area contributed by atoms with Crippen LogP contribution in [0.1, 0.15) is 28.9 Å². The van der Waals surface area contributed by atoms with Crippen LogP contribution in [0.5, 0.6) is 0 Å². The summed E-state index contributed by atoms with van der Waals surface area (Å²) in [5.41, 5.74) is 6.97. The van der Waals surface area contributed by atoms with Gasteiger partial charge >= 0.3 is 0 Å². The summed E-state index contributed by atoms with van der Waals surface area (Å²) in [6, 6.07) is 0.255. The molecule has 1 aromatic rings. The number of aromatic amines is 1. The number of carbonyl (C=O) groups is 1. The Morgan fingerprint density at radius 1 is 1.61 bits per heavy atom. The van der Waals surface area contributed by atoms with Crippen molar-refractivity contribution in [2.45, 2.75) is 25.8 Å². The van der Waals surface area contributed by atoms with Crippen LogP contribution in [0.2, 0.25) is 0 Å². The van der Waals surface area contributed by atoms with E-state index in [4.69, 9.17) is 5.73 Å². The van der Waals surface area contributed by atoms with E-state index in [1.165, 1.54) is 0 Å². The van der Waals surface area contributed by atoms with Crippen molar-refractivity contribution in [3.63, 3.8) is 0 Å². The minimum Gasteiger partial charge on any atom is -0.382 e. The number of H-pyrrole nitrogens is 1. The lowest BCUT2D eigenvalue weighted by molar-refractivity contribution is 0.0644. The van der Waals surface area contributed by atoms with Gasteiger partial charge in [-0.2, -0.15) is 5.10 Å². The summed E-state index contributed by atoms with van der Waals surface area (Å²) >= 11 is 0. The zero-order chi connectivity index (χ0) is 13.3. The van der Waals surface area contributed by atoms with Gasteiger partial charge in [0.05, 0.1) is 0 Å². The van der Waals surface area contributed by atoms with E-state index in [9.17, 15) is 4.79 Å². The number of carbonyl (C=O) groups excluding carboxylic acids is 1. The van der Waals surface area contributed by atoms with Crippen LogP contribution in [0.15, 0.2) is 0 Å². The molecule has 0 aromatic carbocycles. The number of rotatable bonds is 2. The second-order valence-electron chi connectivity index (χ2n) is 5.08. The van der Waals surface area contributed by atoms with Crippen LogP contribution in [-0.2, 0) is 0 Å². The maximum atomic E-state index is 12.4. The molecule has 6 nitrogen and oxygen atoms in total. The molecule has 2 heterocycles. The van der Waals surface area contributed by atoms with Gasteiger partial charge in [-0.3, -0.25) is 9.89 Å². The van der Waals surface area contributed by atoms with Gasteiger partial charge in [0.15, 0.2) is 5.82 Å².